The minimum Gasteiger partial charge on any atom is -0.472 e. The lowest BCUT2D eigenvalue weighted by atomic mass is 9.90. The van der Waals surface area contributed by atoms with E-state index in [4.69, 9.17) is 9.15 Å². The number of ether oxygens (including phenoxy) is 1. The number of hydrogen-bond acceptors (Lipinski definition) is 2. The first-order valence-corrected chi connectivity index (χ1v) is 4.39. The van der Waals surface area contributed by atoms with Gasteiger partial charge in [-0.2, -0.15) is 0 Å². The second-order valence-corrected chi connectivity index (χ2v) is 3.63. The van der Waals surface area contributed by atoms with E-state index in [1.807, 2.05) is 6.26 Å². The summed E-state index contributed by atoms with van der Waals surface area (Å²) in [6.07, 6.45) is 3.66. The molecule has 0 aliphatic carbocycles. The van der Waals surface area contributed by atoms with Crippen LogP contribution in [0.1, 0.15) is 24.0 Å². The molecule has 1 aliphatic rings. The van der Waals surface area contributed by atoms with Crippen molar-refractivity contribution in [2.45, 2.75) is 19.8 Å². The van der Waals surface area contributed by atoms with Gasteiger partial charge in [-0.05, 0) is 24.0 Å². The largest absolute Gasteiger partial charge is 0.472 e. The maximum Gasteiger partial charge on any atom is 0.0941 e. The summed E-state index contributed by atoms with van der Waals surface area (Å²) in [5.41, 5.74) is 2.57. The number of furan rings is 1. The van der Waals surface area contributed by atoms with Crippen molar-refractivity contribution in [3.8, 4) is 0 Å². The molecule has 2 atom stereocenters. The third kappa shape index (κ3) is 1.16. The second kappa shape index (κ2) is 2.94. The van der Waals surface area contributed by atoms with Crippen molar-refractivity contribution in [3.63, 3.8) is 0 Å². The molecule has 1 aromatic heterocycles. The molecule has 0 amide bonds. The Morgan fingerprint density at radius 2 is 2.17 bits per heavy atom. The van der Waals surface area contributed by atoms with Crippen LogP contribution in [0.15, 0.2) is 16.9 Å². The highest BCUT2D eigenvalue weighted by Crippen LogP contribution is 2.32. The monoisotopic (exact) mass is 166 g/mol. The van der Waals surface area contributed by atoms with E-state index in [1.165, 1.54) is 11.1 Å². The highest BCUT2D eigenvalue weighted by molar-refractivity contribution is 5.25. The van der Waals surface area contributed by atoms with Gasteiger partial charge in [0.1, 0.15) is 0 Å². The summed E-state index contributed by atoms with van der Waals surface area (Å²) in [6, 6.07) is 0. The SMILES string of the molecule is Cc1cocc1[C@@H]1COC[C@H]1C. The van der Waals surface area contributed by atoms with Gasteiger partial charge < -0.3 is 9.15 Å². The van der Waals surface area contributed by atoms with E-state index in [-0.39, 0.29) is 0 Å². The fourth-order valence-corrected chi connectivity index (χ4v) is 1.81. The van der Waals surface area contributed by atoms with Crippen LogP contribution in [0.5, 0.6) is 0 Å². The molecule has 12 heavy (non-hydrogen) atoms. The molecule has 66 valence electrons. The van der Waals surface area contributed by atoms with Crippen molar-refractivity contribution < 1.29 is 9.15 Å². The maximum atomic E-state index is 5.41. The van der Waals surface area contributed by atoms with Crippen molar-refractivity contribution in [1.29, 1.82) is 0 Å². The Bertz CT molecular complexity index is 265. The van der Waals surface area contributed by atoms with E-state index in [1.54, 1.807) is 6.26 Å². The van der Waals surface area contributed by atoms with Crippen LogP contribution in [-0.2, 0) is 4.74 Å². The first-order valence-electron chi connectivity index (χ1n) is 4.39. The summed E-state index contributed by atoms with van der Waals surface area (Å²) >= 11 is 0. The Labute approximate surface area is 72.5 Å². The lowest BCUT2D eigenvalue weighted by molar-refractivity contribution is 0.186. The van der Waals surface area contributed by atoms with E-state index in [0.717, 1.165) is 13.2 Å². The fourth-order valence-electron chi connectivity index (χ4n) is 1.81. The molecular weight excluding hydrogens is 152 g/mol. The number of aryl methyl sites for hydroxylation is 1. The summed E-state index contributed by atoms with van der Waals surface area (Å²) in [5, 5.41) is 0. The minimum absolute atomic E-state index is 0.545. The van der Waals surface area contributed by atoms with E-state index < -0.39 is 0 Å². The zero-order valence-electron chi connectivity index (χ0n) is 7.54. The molecule has 0 aromatic carbocycles. The molecule has 0 spiro atoms. The van der Waals surface area contributed by atoms with Crippen LogP contribution in [-0.4, -0.2) is 13.2 Å². The molecule has 2 nitrogen and oxygen atoms in total. The molecule has 1 fully saturated rings. The van der Waals surface area contributed by atoms with Gasteiger partial charge in [-0.1, -0.05) is 6.92 Å². The van der Waals surface area contributed by atoms with Crippen molar-refractivity contribution >= 4 is 0 Å². The molecule has 0 saturated carbocycles. The topological polar surface area (TPSA) is 22.4 Å². The molecular formula is C10H14O2. The Kier molecular flexibility index (Phi) is 1.93. The number of hydrogen-bond donors (Lipinski definition) is 0. The molecule has 2 heterocycles. The maximum absolute atomic E-state index is 5.41. The van der Waals surface area contributed by atoms with Gasteiger partial charge >= 0.3 is 0 Å². The molecule has 0 bridgehead atoms. The third-order valence-corrected chi connectivity index (χ3v) is 2.66. The van der Waals surface area contributed by atoms with Crippen LogP contribution in [0, 0.1) is 12.8 Å². The van der Waals surface area contributed by atoms with Crippen molar-refractivity contribution in [2.24, 2.45) is 5.92 Å². The smallest absolute Gasteiger partial charge is 0.0941 e. The first kappa shape index (κ1) is 7.87. The highest BCUT2D eigenvalue weighted by atomic mass is 16.5. The standard InChI is InChI=1S/C10H14O2/c1-7-3-11-5-9(7)10-6-12-4-8(10)2/h3,5,8,10H,4,6H2,1-2H3/t8-,10-/m1/s1. The summed E-state index contributed by atoms with van der Waals surface area (Å²) in [7, 11) is 0. The predicted octanol–water partition coefficient (Wildman–Crippen LogP) is 2.34. The summed E-state index contributed by atoms with van der Waals surface area (Å²) in [4.78, 5) is 0. The average molecular weight is 166 g/mol. The first-order chi connectivity index (χ1) is 5.79. The van der Waals surface area contributed by atoms with Crippen LogP contribution >= 0.6 is 0 Å². The average Bonchev–Trinajstić information content (AvgIpc) is 2.59. The third-order valence-electron chi connectivity index (χ3n) is 2.66. The minimum atomic E-state index is 0.545. The van der Waals surface area contributed by atoms with Gasteiger partial charge in [-0.25, -0.2) is 0 Å². The zero-order valence-corrected chi connectivity index (χ0v) is 7.54. The van der Waals surface area contributed by atoms with Crippen LogP contribution in [0.2, 0.25) is 0 Å². The van der Waals surface area contributed by atoms with Gasteiger partial charge in [0.15, 0.2) is 0 Å². The quantitative estimate of drug-likeness (QED) is 0.639. The van der Waals surface area contributed by atoms with Gasteiger partial charge in [0, 0.05) is 12.5 Å². The molecule has 1 aliphatic heterocycles. The van der Waals surface area contributed by atoms with Crippen molar-refractivity contribution in [1.82, 2.24) is 0 Å². The van der Waals surface area contributed by atoms with Crippen LogP contribution in [0.3, 0.4) is 0 Å². The second-order valence-electron chi connectivity index (χ2n) is 3.63. The van der Waals surface area contributed by atoms with E-state index in [2.05, 4.69) is 13.8 Å². The van der Waals surface area contributed by atoms with E-state index in [0.29, 0.717) is 11.8 Å². The molecule has 0 radical (unpaired) electrons. The van der Waals surface area contributed by atoms with Crippen molar-refractivity contribution in [3.05, 3.63) is 23.7 Å². The van der Waals surface area contributed by atoms with Crippen LogP contribution < -0.4 is 0 Å². The van der Waals surface area contributed by atoms with Gasteiger partial charge in [0.05, 0.1) is 19.1 Å². The Hall–Kier alpha value is -0.760. The summed E-state index contributed by atoms with van der Waals surface area (Å²) < 4.78 is 10.6. The van der Waals surface area contributed by atoms with Gasteiger partial charge in [0.2, 0.25) is 0 Å². The van der Waals surface area contributed by atoms with Crippen molar-refractivity contribution in [2.75, 3.05) is 13.2 Å². The van der Waals surface area contributed by atoms with Gasteiger partial charge in [0.25, 0.3) is 0 Å². The Balaban J connectivity index is 2.24. The van der Waals surface area contributed by atoms with Gasteiger partial charge in [-0.15, -0.1) is 0 Å². The lowest BCUT2D eigenvalue weighted by Crippen LogP contribution is -2.06. The Morgan fingerprint density at radius 1 is 1.33 bits per heavy atom. The highest BCUT2D eigenvalue weighted by Gasteiger charge is 2.27. The van der Waals surface area contributed by atoms with Crippen LogP contribution in [0.25, 0.3) is 0 Å². The predicted molar refractivity (Wildman–Crippen MR) is 46.2 cm³/mol. The fraction of sp³-hybridized carbons (Fsp3) is 0.600. The van der Waals surface area contributed by atoms with E-state index >= 15 is 0 Å². The van der Waals surface area contributed by atoms with Gasteiger partial charge in [-0.3, -0.25) is 0 Å². The summed E-state index contributed by atoms with van der Waals surface area (Å²) in [5.74, 6) is 1.17. The van der Waals surface area contributed by atoms with Crippen LogP contribution in [0.4, 0.5) is 0 Å². The molecule has 0 N–H and O–H groups in total. The normalized spacial score (nSPS) is 29.5. The summed E-state index contributed by atoms with van der Waals surface area (Å²) in [6.45, 7) is 6.05. The zero-order chi connectivity index (χ0) is 8.55. The number of rotatable bonds is 1. The van der Waals surface area contributed by atoms with E-state index in [9.17, 15) is 0 Å². The molecule has 1 saturated heterocycles. The molecule has 2 heteroatoms. The lowest BCUT2D eigenvalue weighted by Gasteiger charge is -2.11. The molecule has 0 unspecified atom stereocenters. The molecule has 2 rings (SSSR count). The Morgan fingerprint density at radius 3 is 2.67 bits per heavy atom. The molecule has 1 aromatic rings.